The van der Waals surface area contributed by atoms with Gasteiger partial charge in [-0.05, 0) is 18.4 Å². The van der Waals surface area contributed by atoms with Crippen molar-refractivity contribution in [1.82, 2.24) is 20.5 Å². The van der Waals surface area contributed by atoms with Crippen LogP contribution in [0.1, 0.15) is 31.2 Å². The van der Waals surface area contributed by atoms with Crippen molar-refractivity contribution in [3.63, 3.8) is 0 Å². The number of carbonyl (C=O) groups is 2. The summed E-state index contributed by atoms with van der Waals surface area (Å²) in [5, 5.41) is 11.1. The first-order valence-corrected chi connectivity index (χ1v) is 8.29. The van der Waals surface area contributed by atoms with E-state index >= 15 is 0 Å². The van der Waals surface area contributed by atoms with Crippen molar-refractivity contribution < 1.29 is 9.59 Å². The SMILES string of the molecule is CN(Cc1cn[nH]c1-c1ccccc1)C(=O)CCC1=NNC(=O)CC1. The highest BCUT2D eigenvalue weighted by molar-refractivity contribution is 5.94. The first-order valence-electron chi connectivity index (χ1n) is 8.29. The summed E-state index contributed by atoms with van der Waals surface area (Å²) < 4.78 is 0. The van der Waals surface area contributed by atoms with Crippen LogP contribution < -0.4 is 5.43 Å². The fourth-order valence-electron chi connectivity index (χ4n) is 2.76. The number of aromatic nitrogens is 2. The Kier molecular flexibility index (Phi) is 5.23. The molecule has 1 aliphatic heterocycles. The molecule has 3 rings (SSSR count). The minimum atomic E-state index is -0.0689. The number of H-pyrrole nitrogens is 1. The lowest BCUT2D eigenvalue weighted by Crippen LogP contribution is -2.29. The van der Waals surface area contributed by atoms with Crippen LogP contribution in [0.5, 0.6) is 0 Å². The fraction of sp³-hybridized carbons (Fsp3) is 0.333. The highest BCUT2D eigenvalue weighted by atomic mass is 16.2. The minimum Gasteiger partial charge on any atom is -0.341 e. The molecule has 0 bridgehead atoms. The summed E-state index contributed by atoms with van der Waals surface area (Å²) in [6.45, 7) is 0.489. The first kappa shape index (κ1) is 16.9. The summed E-state index contributed by atoms with van der Waals surface area (Å²) in [6, 6.07) is 9.92. The van der Waals surface area contributed by atoms with E-state index in [9.17, 15) is 9.59 Å². The highest BCUT2D eigenvalue weighted by Crippen LogP contribution is 2.21. The Hall–Kier alpha value is -2.96. The predicted octanol–water partition coefficient (Wildman–Crippen LogP) is 2.08. The van der Waals surface area contributed by atoms with Crippen molar-refractivity contribution in [1.29, 1.82) is 0 Å². The van der Waals surface area contributed by atoms with Gasteiger partial charge in [0.05, 0.1) is 11.9 Å². The molecule has 2 amide bonds. The number of hydrazone groups is 1. The third-order valence-electron chi connectivity index (χ3n) is 4.22. The Labute approximate surface area is 146 Å². The average molecular weight is 339 g/mol. The van der Waals surface area contributed by atoms with E-state index in [1.165, 1.54) is 0 Å². The zero-order valence-corrected chi connectivity index (χ0v) is 14.2. The van der Waals surface area contributed by atoms with Crippen LogP contribution in [0, 0.1) is 0 Å². The molecule has 0 saturated heterocycles. The van der Waals surface area contributed by atoms with Gasteiger partial charge in [-0.15, -0.1) is 0 Å². The van der Waals surface area contributed by atoms with Crippen LogP contribution in [0.15, 0.2) is 41.6 Å². The van der Waals surface area contributed by atoms with Crippen LogP contribution in [0.25, 0.3) is 11.3 Å². The van der Waals surface area contributed by atoms with Crippen molar-refractivity contribution in [2.24, 2.45) is 5.10 Å². The number of hydrogen-bond acceptors (Lipinski definition) is 4. The summed E-state index contributed by atoms with van der Waals surface area (Å²) >= 11 is 0. The number of carbonyl (C=O) groups excluding carboxylic acids is 2. The first-order chi connectivity index (χ1) is 12.1. The van der Waals surface area contributed by atoms with Gasteiger partial charge in [0.25, 0.3) is 0 Å². The zero-order chi connectivity index (χ0) is 17.6. The molecule has 0 spiro atoms. The van der Waals surface area contributed by atoms with Gasteiger partial charge >= 0.3 is 0 Å². The van der Waals surface area contributed by atoms with Gasteiger partial charge in [0.15, 0.2) is 0 Å². The van der Waals surface area contributed by atoms with Gasteiger partial charge in [-0.3, -0.25) is 14.7 Å². The summed E-state index contributed by atoms with van der Waals surface area (Å²) in [5.41, 5.74) is 6.28. The van der Waals surface area contributed by atoms with E-state index in [1.807, 2.05) is 30.3 Å². The van der Waals surface area contributed by atoms with E-state index in [2.05, 4.69) is 20.7 Å². The zero-order valence-electron chi connectivity index (χ0n) is 14.2. The van der Waals surface area contributed by atoms with Gasteiger partial charge in [-0.25, -0.2) is 5.43 Å². The number of nitrogens with one attached hydrogen (secondary N) is 2. The third-order valence-corrected chi connectivity index (χ3v) is 4.22. The lowest BCUT2D eigenvalue weighted by Gasteiger charge is -2.18. The number of rotatable bonds is 6. The van der Waals surface area contributed by atoms with Gasteiger partial charge < -0.3 is 4.90 Å². The normalized spacial score (nSPS) is 14.0. The number of aromatic amines is 1. The van der Waals surface area contributed by atoms with E-state index in [-0.39, 0.29) is 11.8 Å². The molecule has 2 aromatic rings. The smallest absolute Gasteiger partial charge is 0.240 e. The van der Waals surface area contributed by atoms with E-state index in [0.29, 0.717) is 32.2 Å². The van der Waals surface area contributed by atoms with Crippen molar-refractivity contribution in [2.45, 2.75) is 32.2 Å². The number of amides is 2. The molecule has 7 nitrogen and oxygen atoms in total. The Balaban J connectivity index is 1.57. The molecule has 0 fully saturated rings. The summed E-state index contributed by atoms with van der Waals surface area (Å²) in [5.74, 6) is -0.0274. The molecule has 1 aliphatic rings. The molecule has 130 valence electrons. The molecular formula is C18H21N5O2. The van der Waals surface area contributed by atoms with Gasteiger partial charge in [-0.1, -0.05) is 30.3 Å². The van der Waals surface area contributed by atoms with Gasteiger partial charge in [-0.2, -0.15) is 10.2 Å². The molecule has 1 aromatic heterocycles. The van der Waals surface area contributed by atoms with E-state index in [4.69, 9.17) is 0 Å². The van der Waals surface area contributed by atoms with Crippen molar-refractivity contribution in [3.8, 4) is 11.3 Å². The molecule has 0 saturated carbocycles. The largest absolute Gasteiger partial charge is 0.341 e. The van der Waals surface area contributed by atoms with Gasteiger partial charge in [0.1, 0.15) is 0 Å². The second-order valence-electron chi connectivity index (χ2n) is 6.10. The molecular weight excluding hydrogens is 318 g/mol. The molecule has 7 heteroatoms. The van der Waals surface area contributed by atoms with Crippen molar-refractivity contribution in [2.75, 3.05) is 7.05 Å². The van der Waals surface area contributed by atoms with Crippen molar-refractivity contribution in [3.05, 3.63) is 42.1 Å². The Morgan fingerprint density at radius 2 is 2.04 bits per heavy atom. The maximum Gasteiger partial charge on any atom is 0.240 e. The Morgan fingerprint density at radius 3 is 2.76 bits per heavy atom. The molecule has 2 N–H and O–H groups in total. The van der Waals surface area contributed by atoms with E-state index in [1.54, 1.807) is 18.1 Å². The van der Waals surface area contributed by atoms with E-state index < -0.39 is 0 Å². The molecule has 0 unspecified atom stereocenters. The average Bonchev–Trinajstić information content (AvgIpc) is 3.09. The second kappa shape index (κ2) is 7.74. The summed E-state index contributed by atoms with van der Waals surface area (Å²) in [6.07, 6.45) is 3.78. The Morgan fingerprint density at radius 1 is 1.24 bits per heavy atom. The van der Waals surface area contributed by atoms with Crippen LogP contribution in [-0.2, 0) is 16.1 Å². The van der Waals surface area contributed by atoms with E-state index in [0.717, 1.165) is 22.5 Å². The number of benzene rings is 1. The topological polar surface area (TPSA) is 90.4 Å². The number of nitrogens with zero attached hydrogens (tertiary/aromatic N) is 3. The highest BCUT2D eigenvalue weighted by Gasteiger charge is 2.16. The molecule has 0 radical (unpaired) electrons. The maximum atomic E-state index is 12.4. The summed E-state index contributed by atoms with van der Waals surface area (Å²) in [7, 11) is 1.79. The van der Waals surface area contributed by atoms with Crippen LogP contribution >= 0.6 is 0 Å². The lowest BCUT2D eigenvalue weighted by atomic mass is 10.1. The molecule has 1 aromatic carbocycles. The summed E-state index contributed by atoms with van der Waals surface area (Å²) in [4.78, 5) is 25.2. The second-order valence-corrected chi connectivity index (χ2v) is 6.10. The minimum absolute atomic E-state index is 0.0415. The molecule has 2 heterocycles. The maximum absolute atomic E-state index is 12.4. The lowest BCUT2D eigenvalue weighted by molar-refractivity contribution is -0.130. The molecule has 25 heavy (non-hydrogen) atoms. The predicted molar refractivity (Wildman–Crippen MR) is 94.5 cm³/mol. The fourth-order valence-corrected chi connectivity index (χ4v) is 2.76. The van der Waals surface area contributed by atoms with Crippen LogP contribution in [0.4, 0.5) is 0 Å². The molecule has 0 aliphatic carbocycles. The van der Waals surface area contributed by atoms with Crippen molar-refractivity contribution >= 4 is 17.5 Å². The van der Waals surface area contributed by atoms with Gasteiger partial charge in [0.2, 0.25) is 11.8 Å². The quantitative estimate of drug-likeness (QED) is 0.844. The standard InChI is InChI=1S/C18H21N5O2/c1-23(17(25)10-8-15-7-9-16(24)21-20-15)12-14-11-19-22-18(14)13-5-3-2-4-6-13/h2-6,11H,7-10,12H2,1H3,(H,19,22)(H,21,24). The number of hydrogen-bond donors (Lipinski definition) is 2. The van der Waals surface area contributed by atoms with Gasteiger partial charge in [0, 0.05) is 37.7 Å². The monoisotopic (exact) mass is 339 g/mol. The Bertz CT molecular complexity index is 782. The van der Waals surface area contributed by atoms with Crippen LogP contribution in [0.2, 0.25) is 0 Å². The van der Waals surface area contributed by atoms with Crippen LogP contribution in [0.3, 0.4) is 0 Å². The third kappa shape index (κ3) is 4.32. The molecule has 0 atom stereocenters. The van der Waals surface area contributed by atoms with Crippen LogP contribution in [-0.4, -0.2) is 39.7 Å².